The number of hydrogen-bond acceptors (Lipinski definition) is 4. The van der Waals surface area contributed by atoms with Gasteiger partial charge in [0.25, 0.3) is 0 Å². The van der Waals surface area contributed by atoms with Crippen molar-refractivity contribution in [2.45, 2.75) is 96.2 Å². The number of quaternary nitrogens is 1. The van der Waals surface area contributed by atoms with Gasteiger partial charge in [-0.15, -0.1) is 0 Å². The molecule has 0 aliphatic carbocycles. The standard InChI is InChI=1S/C29H49NO5/c1-5-6-7-8-9-10-11-12-13-14-15-16-17-18-19-20-21-22-26(31)23-29(34)35-27(24-28(32)33)25-30(2,3)4/h9-10,12-13,15-16,18-19,26-27,31H,5-8,11,14,17,20-25H2,1-4H3/p+1/b10-9+,13-12+,16-15+,19-18+. The van der Waals surface area contributed by atoms with Crippen LogP contribution in [0.2, 0.25) is 0 Å². The van der Waals surface area contributed by atoms with E-state index >= 15 is 0 Å². The highest BCUT2D eigenvalue weighted by atomic mass is 16.5. The molecule has 6 nitrogen and oxygen atoms in total. The minimum atomic E-state index is -1.00. The van der Waals surface area contributed by atoms with Crippen LogP contribution in [0.1, 0.15) is 84.0 Å². The van der Waals surface area contributed by atoms with Gasteiger partial charge in [-0.3, -0.25) is 9.59 Å². The van der Waals surface area contributed by atoms with Crippen LogP contribution in [0.4, 0.5) is 0 Å². The molecule has 35 heavy (non-hydrogen) atoms. The molecule has 0 rings (SSSR count). The van der Waals surface area contributed by atoms with Gasteiger partial charge in [0, 0.05) is 0 Å². The fourth-order valence-electron chi connectivity index (χ4n) is 3.51. The van der Waals surface area contributed by atoms with E-state index in [1.54, 1.807) is 0 Å². The Hall–Kier alpha value is -2.18. The predicted octanol–water partition coefficient (Wildman–Crippen LogP) is 5.98. The van der Waals surface area contributed by atoms with Crippen molar-refractivity contribution in [3.63, 3.8) is 0 Å². The number of ether oxygens (including phenoxy) is 1. The first-order valence-electron chi connectivity index (χ1n) is 13.1. The minimum Gasteiger partial charge on any atom is -0.481 e. The molecule has 0 saturated carbocycles. The van der Waals surface area contributed by atoms with Crippen LogP contribution in [0.15, 0.2) is 48.6 Å². The van der Waals surface area contributed by atoms with E-state index in [1.807, 2.05) is 21.1 Å². The van der Waals surface area contributed by atoms with E-state index in [4.69, 9.17) is 9.84 Å². The van der Waals surface area contributed by atoms with E-state index < -0.39 is 24.1 Å². The lowest BCUT2D eigenvalue weighted by molar-refractivity contribution is -0.873. The quantitative estimate of drug-likeness (QED) is 0.0892. The fourth-order valence-corrected chi connectivity index (χ4v) is 3.51. The second-order valence-electron chi connectivity index (χ2n) is 10.1. The Bertz CT molecular complexity index is 673. The average Bonchev–Trinajstić information content (AvgIpc) is 2.74. The molecule has 0 aliphatic rings. The smallest absolute Gasteiger partial charge is 0.308 e. The van der Waals surface area contributed by atoms with Crippen molar-refractivity contribution >= 4 is 11.9 Å². The summed E-state index contributed by atoms with van der Waals surface area (Å²) in [5.74, 6) is -1.55. The van der Waals surface area contributed by atoms with Gasteiger partial charge in [-0.1, -0.05) is 68.4 Å². The summed E-state index contributed by atoms with van der Waals surface area (Å²) in [7, 11) is 5.73. The molecule has 0 aromatic heterocycles. The molecule has 2 unspecified atom stereocenters. The molecule has 0 fully saturated rings. The molecule has 2 atom stereocenters. The molecule has 0 aliphatic heterocycles. The number of allylic oxidation sites excluding steroid dienone is 8. The zero-order valence-electron chi connectivity index (χ0n) is 22.5. The van der Waals surface area contributed by atoms with Gasteiger partial charge in [0.15, 0.2) is 6.10 Å². The number of unbranched alkanes of at least 4 members (excludes halogenated alkanes) is 4. The molecule has 0 aromatic carbocycles. The molecule has 2 N–H and O–H groups in total. The number of likely N-dealkylation sites (N-methyl/N-ethyl adjacent to an activating group) is 1. The number of carboxylic acid groups (broad SMARTS) is 1. The zero-order chi connectivity index (χ0) is 26.4. The Labute approximate surface area is 213 Å². The second-order valence-corrected chi connectivity index (χ2v) is 10.1. The SMILES string of the molecule is CCCCC/C=C/C/C=C/C/C=C/C/C=C/CCCC(O)CC(=O)OC(CC(=O)O)C[N+](C)(C)C. The molecule has 200 valence electrons. The first kappa shape index (κ1) is 32.8. The van der Waals surface area contributed by atoms with Gasteiger partial charge < -0.3 is 19.4 Å². The lowest BCUT2D eigenvalue weighted by Crippen LogP contribution is -2.44. The number of aliphatic hydroxyl groups excluding tert-OH is 1. The number of rotatable bonds is 21. The molecule has 0 radical (unpaired) electrons. The predicted molar refractivity (Wildman–Crippen MR) is 144 cm³/mol. The molecule has 6 heteroatoms. The third-order valence-corrected chi connectivity index (χ3v) is 5.22. The van der Waals surface area contributed by atoms with Crippen LogP contribution < -0.4 is 0 Å². The van der Waals surface area contributed by atoms with E-state index in [0.29, 0.717) is 17.4 Å². The van der Waals surface area contributed by atoms with Crippen LogP contribution in [0.3, 0.4) is 0 Å². The summed E-state index contributed by atoms with van der Waals surface area (Å²) in [5, 5.41) is 19.1. The Morgan fingerprint density at radius 1 is 0.800 bits per heavy atom. The summed E-state index contributed by atoms with van der Waals surface area (Å²) in [6.07, 6.45) is 25.6. The van der Waals surface area contributed by atoms with Crippen LogP contribution in [0.25, 0.3) is 0 Å². The van der Waals surface area contributed by atoms with Crippen molar-refractivity contribution in [3.05, 3.63) is 48.6 Å². The van der Waals surface area contributed by atoms with Crippen molar-refractivity contribution in [2.75, 3.05) is 27.7 Å². The van der Waals surface area contributed by atoms with Crippen molar-refractivity contribution in [2.24, 2.45) is 0 Å². The van der Waals surface area contributed by atoms with Crippen LogP contribution in [0.5, 0.6) is 0 Å². The van der Waals surface area contributed by atoms with Gasteiger partial charge in [0.05, 0.1) is 40.1 Å². The third kappa shape index (κ3) is 24.7. The number of carbonyl (C=O) groups excluding carboxylic acids is 1. The van der Waals surface area contributed by atoms with Crippen LogP contribution >= 0.6 is 0 Å². The first-order valence-corrected chi connectivity index (χ1v) is 13.1. The largest absolute Gasteiger partial charge is 0.481 e. The summed E-state index contributed by atoms with van der Waals surface area (Å²) in [4.78, 5) is 23.1. The van der Waals surface area contributed by atoms with Gasteiger partial charge in [-0.05, 0) is 51.4 Å². The first-order chi connectivity index (χ1) is 16.6. The highest BCUT2D eigenvalue weighted by molar-refractivity contribution is 5.71. The van der Waals surface area contributed by atoms with Crippen LogP contribution in [-0.4, -0.2) is 66.5 Å². The van der Waals surface area contributed by atoms with E-state index in [0.717, 1.165) is 32.1 Å². The number of carbonyl (C=O) groups is 2. The van der Waals surface area contributed by atoms with Crippen molar-refractivity contribution in [3.8, 4) is 0 Å². The molecule has 0 amide bonds. The average molecular weight is 493 g/mol. The minimum absolute atomic E-state index is 0.109. The van der Waals surface area contributed by atoms with Crippen molar-refractivity contribution in [1.29, 1.82) is 0 Å². The number of carboxylic acids is 1. The Morgan fingerprint density at radius 3 is 1.80 bits per heavy atom. The zero-order valence-corrected chi connectivity index (χ0v) is 22.5. The van der Waals surface area contributed by atoms with Gasteiger partial charge in [-0.25, -0.2) is 0 Å². The topological polar surface area (TPSA) is 83.8 Å². The summed E-state index contributed by atoms with van der Waals surface area (Å²) < 4.78 is 5.81. The highest BCUT2D eigenvalue weighted by Crippen LogP contribution is 2.11. The Balaban J connectivity index is 3.92. The fraction of sp³-hybridized carbons (Fsp3) is 0.655. The molecule has 0 saturated heterocycles. The molecule has 0 heterocycles. The number of nitrogens with zero attached hydrogens (tertiary/aromatic N) is 1. The normalized spacial score (nSPS) is 14.4. The number of esters is 1. The number of aliphatic hydroxyl groups is 1. The molecular formula is C29H50NO5+. The second kappa shape index (κ2) is 21.1. The number of hydrogen-bond donors (Lipinski definition) is 2. The van der Waals surface area contributed by atoms with Gasteiger partial charge in [-0.2, -0.15) is 0 Å². The monoisotopic (exact) mass is 492 g/mol. The third-order valence-electron chi connectivity index (χ3n) is 5.22. The summed E-state index contributed by atoms with van der Waals surface area (Å²) >= 11 is 0. The van der Waals surface area contributed by atoms with Crippen LogP contribution in [-0.2, 0) is 14.3 Å². The molecule has 0 aromatic rings. The molecular weight excluding hydrogens is 442 g/mol. The van der Waals surface area contributed by atoms with Crippen LogP contribution in [0, 0.1) is 0 Å². The maximum Gasteiger partial charge on any atom is 0.308 e. The lowest BCUT2D eigenvalue weighted by atomic mass is 10.1. The maximum atomic E-state index is 12.1. The van der Waals surface area contributed by atoms with Crippen molar-refractivity contribution in [1.82, 2.24) is 0 Å². The van der Waals surface area contributed by atoms with E-state index in [2.05, 4.69) is 55.5 Å². The number of aliphatic carboxylic acids is 1. The Morgan fingerprint density at radius 2 is 1.31 bits per heavy atom. The molecule has 0 bridgehead atoms. The van der Waals surface area contributed by atoms with Gasteiger partial charge in [0.1, 0.15) is 6.54 Å². The van der Waals surface area contributed by atoms with Crippen molar-refractivity contribution < 1.29 is 29.0 Å². The lowest BCUT2D eigenvalue weighted by Gasteiger charge is -2.28. The van der Waals surface area contributed by atoms with E-state index in [-0.39, 0.29) is 12.8 Å². The summed E-state index contributed by atoms with van der Waals surface area (Å²) in [6.45, 7) is 2.63. The van der Waals surface area contributed by atoms with E-state index in [1.165, 1.54) is 25.7 Å². The van der Waals surface area contributed by atoms with Gasteiger partial charge in [0.2, 0.25) is 0 Å². The van der Waals surface area contributed by atoms with Gasteiger partial charge >= 0.3 is 11.9 Å². The maximum absolute atomic E-state index is 12.1. The molecule has 0 spiro atoms. The van der Waals surface area contributed by atoms with E-state index in [9.17, 15) is 14.7 Å². The summed E-state index contributed by atoms with van der Waals surface area (Å²) in [5.41, 5.74) is 0. The summed E-state index contributed by atoms with van der Waals surface area (Å²) in [6, 6.07) is 0. The highest BCUT2D eigenvalue weighted by Gasteiger charge is 2.25. The Kier molecular flexibility index (Phi) is 19.8.